The Hall–Kier alpha value is -6.60. The average Bonchev–Trinajstić information content (AvgIpc) is 3.78. The molecule has 63 heavy (non-hydrogen) atoms. The Balaban J connectivity index is 0.000000294. The van der Waals surface area contributed by atoms with E-state index in [0.717, 1.165) is 17.8 Å². The first-order valence-electron chi connectivity index (χ1n) is 19.1. The molecule has 0 radical (unpaired) electrons. The van der Waals surface area contributed by atoms with Gasteiger partial charge in [0.2, 0.25) is 0 Å². The number of aromatic nitrogens is 4. The number of alkyl halides is 6. The molecule has 0 atom stereocenters. The van der Waals surface area contributed by atoms with E-state index >= 15 is 0 Å². The Labute approximate surface area is 359 Å². The highest BCUT2D eigenvalue weighted by atomic mass is 19.4. The molecule has 0 aliphatic carbocycles. The summed E-state index contributed by atoms with van der Waals surface area (Å²) in [6.07, 6.45) is -9.91. The molecular formula is C43H50F6N6O8. The lowest BCUT2D eigenvalue weighted by molar-refractivity contribution is -0.276. The number of phenolic OH excluding ortho intramolecular Hbond substituents is 2. The van der Waals surface area contributed by atoms with Crippen molar-refractivity contribution in [3.05, 3.63) is 106 Å². The molecule has 5 rings (SSSR count). The maximum absolute atomic E-state index is 13.8. The number of carbonyl (C=O) groups is 2. The molecule has 2 aromatic heterocycles. The van der Waals surface area contributed by atoms with Gasteiger partial charge in [-0.15, -0.1) is 26.3 Å². The Kier molecular flexibility index (Phi) is 15.0. The van der Waals surface area contributed by atoms with Gasteiger partial charge in [-0.05, 0) is 36.4 Å². The third-order valence-electron chi connectivity index (χ3n) is 9.31. The van der Waals surface area contributed by atoms with Crippen molar-refractivity contribution in [1.82, 2.24) is 29.8 Å². The maximum atomic E-state index is 13.8. The van der Waals surface area contributed by atoms with Crippen molar-refractivity contribution in [1.29, 1.82) is 0 Å². The second-order valence-corrected chi connectivity index (χ2v) is 16.2. The van der Waals surface area contributed by atoms with Crippen molar-refractivity contribution in [3.8, 4) is 34.5 Å². The number of nitrogens with zero attached hydrogens (tertiary/aromatic N) is 5. The van der Waals surface area contributed by atoms with E-state index in [0.29, 0.717) is 28.5 Å². The van der Waals surface area contributed by atoms with Gasteiger partial charge < -0.3 is 39.4 Å². The Morgan fingerprint density at radius 3 is 1.60 bits per heavy atom. The second-order valence-electron chi connectivity index (χ2n) is 16.2. The van der Waals surface area contributed by atoms with Crippen molar-refractivity contribution < 1.29 is 65.1 Å². The summed E-state index contributed by atoms with van der Waals surface area (Å²) < 4.78 is 96.7. The van der Waals surface area contributed by atoms with Crippen LogP contribution < -0.4 is 24.3 Å². The number of benzene rings is 3. The van der Waals surface area contributed by atoms with Gasteiger partial charge in [0.25, 0.3) is 11.8 Å². The van der Waals surface area contributed by atoms with Crippen LogP contribution >= 0.6 is 0 Å². The summed E-state index contributed by atoms with van der Waals surface area (Å²) in [6.45, 7) is 11.4. The van der Waals surface area contributed by atoms with E-state index in [1.807, 2.05) is 41.5 Å². The molecule has 0 aliphatic heterocycles. The molecule has 2 amide bonds. The number of aromatic hydroxyl groups is 2. The lowest BCUT2D eigenvalue weighted by Crippen LogP contribution is -2.32. The van der Waals surface area contributed by atoms with E-state index in [2.05, 4.69) is 25.0 Å². The molecule has 342 valence electrons. The summed E-state index contributed by atoms with van der Waals surface area (Å²) in [7, 11) is 6.26. The number of nitrogens with one attached hydrogen (secondary N) is 1. The molecule has 20 heteroatoms. The molecule has 0 unspecified atom stereocenters. The van der Waals surface area contributed by atoms with E-state index in [4.69, 9.17) is 9.47 Å². The van der Waals surface area contributed by atoms with Crippen LogP contribution in [0.4, 0.5) is 26.3 Å². The van der Waals surface area contributed by atoms with Crippen LogP contribution in [0.1, 0.15) is 90.6 Å². The first-order valence-corrected chi connectivity index (χ1v) is 19.1. The molecular weight excluding hydrogens is 842 g/mol. The Morgan fingerprint density at radius 2 is 1.13 bits per heavy atom. The topological polar surface area (TPSA) is 162 Å². The predicted octanol–water partition coefficient (Wildman–Crippen LogP) is 8.43. The summed E-state index contributed by atoms with van der Waals surface area (Å²) >= 11 is 0. The molecule has 5 aromatic rings. The summed E-state index contributed by atoms with van der Waals surface area (Å²) in [5.41, 5.74) is 2.24. The number of carbonyl (C=O) groups excluding carboxylic acids is 2. The van der Waals surface area contributed by atoms with Gasteiger partial charge in [-0.1, -0.05) is 65.8 Å². The van der Waals surface area contributed by atoms with Gasteiger partial charge in [-0.25, -0.2) is 0 Å². The van der Waals surface area contributed by atoms with E-state index in [9.17, 15) is 46.1 Å². The number of hydrogen-bond donors (Lipinski definition) is 3. The smallest absolute Gasteiger partial charge is 0.504 e. The van der Waals surface area contributed by atoms with Crippen LogP contribution in [-0.4, -0.2) is 73.4 Å². The van der Waals surface area contributed by atoms with Crippen LogP contribution in [0.5, 0.6) is 34.5 Å². The summed E-state index contributed by atoms with van der Waals surface area (Å²) in [5.74, 6) is -2.76. The minimum absolute atomic E-state index is 0.0197. The minimum atomic E-state index is -4.99. The zero-order valence-corrected chi connectivity index (χ0v) is 36.3. The van der Waals surface area contributed by atoms with Gasteiger partial charge in [0.05, 0.1) is 38.7 Å². The number of para-hydroxylation sites is 2. The molecule has 0 aliphatic rings. The number of methoxy groups -OCH3 is 2. The van der Waals surface area contributed by atoms with Crippen molar-refractivity contribution in [2.45, 2.75) is 84.7 Å². The van der Waals surface area contributed by atoms with Gasteiger partial charge in [-0.3, -0.25) is 19.0 Å². The SMILES string of the molecule is COc1ccc(CN(Cc2cccc(OC(F)(F)F)c2O)C(=O)c2cc(C(C)(C)C)nn2C)c(OC)c1.Cn1nc(C(C)(C)C)cc1C(=O)NCc1cccc(OC(F)(F)F)c1O. The van der Waals surface area contributed by atoms with Gasteiger partial charge in [0.15, 0.2) is 23.0 Å². The Bertz CT molecular complexity index is 2400. The number of rotatable bonds is 12. The number of amides is 2. The summed E-state index contributed by atoms with van der Waals surface area (Å²) in [5, 5.41) is 31.7. The van der Waals surface area contributed by atoms with Crippen LogP contribution in [0.15, 0.2) is 66.7 Å². The lowest BCUT2D eigenvalue weighted by atomic mass is 9.92. The number of phenols is 2. The third kappa shape index (κ3) is 13.2. The first-order chi connectivity index (χ1) is 29.1. The first kappa shape index (κ1) is 49.1. The van der Waals surface area contributed by atoms with Crippen LogP contribution in [0, 0.1) is 0 Å². The van der Waals surface area contributed by atoms with Gasteiger partial charge in [-0.2, -0.15) is 10.2 Å². The molecule has 14 nitrogen and oxygen atoms in total. The summed E-state index contributed by atoms with van der Waals surface area (Å²) in [6, 6.07) is 15.8. The van der Waals surface area contributed by atoms with Crippen molar-refractivity contribution >= 4 is 11.8 Å². The van der Waals surface area contributed by atoms with Crippen molar-refractivity contribution in [3.63, 3.8) is 0 Å². The van der Waals surface area contributed by atoms with E-state index in [1.165, 1.54) is 52.7 Å². The fourth-order valence-corrected chi connectivity index (χ4v) is 5.92. The Morgan fingerprint density at radius 1 is 0.651 bits per heavy atom. The highest BCUT2D eigenvalue weighted by molar-refractivity contribution is 5.93. The van der Waals surface area contributed by atoms with E-state index < -0.39 is 47.5 Å². The van der Waals surface area contributed by atoms with Crippen LogP contribution in [0.2, 0.25) is 0 Å². The van der Waals surface area contributed by atoms with Gasteiger partial charge in [0.1, 0.15) is 22.9 Å². The molecule has 2 heterocycles. The van der Waals surface area contributed by atoms with Crippen molar-refractivity contribution in [2.75, 3.05) is 14.2 Å². The monoisotopic (exact) mass is 892 g/mol. The zero-order chi connectivity index (χ0) is 47.2. The van der Waals surface area contributed by atoms with Gasteiger partial charge >= 0.3 is 12.7 Å². The highest BCUT2D eigenvalue weighted by Crippen LogP contribution is 2.37. The normalized spacial score (nSPS) is 11.9. The maximum Gasteiger partial charge on any atom is 0.573 e. The number of ether oxygens (including phenoxy) is 4. The summed E-state index contributed by atoms with van der Waals surface area (Å²) in [4.78, 5) is 27.5. The molecule has 0 spiro atoms. The number of hydrogen-bond acceptors (Lipinski definition) is 10. The molecule has 0 saturated heterocycles. The highest BCUT2D eigenvalue weighted by Gasteiger charge is 2.34. The zero-order valence-electron chi connectivity index (χ0n) is 36.3. The average molecular weight is 893 g/mol. The second kappa shape index (κ2) is 19.2. The van der Waals surface area contributed by atoms with Crippen molar-refractivity contribution in [2.24, 2.45) is 14.1 Å². The largest absolute Gasteiger partial charge is 0.573 e. The molecule has 0 bridgehead atoms. The molecule has 3 N–H and O–H groups in total. The quantitative estimate of drug-likeness (QED) is 0.104. The third-order valence-corrected chi connectivity index (χ3v) is 9.31. The fourth-order valence-electron chi connectivity index (χ4n) is 5.92. The van der Waals surface area contributed by atoms with Gasteiger partial charge in [0, 0.05) is 54.2 Å². The predicted molar refractivity (Wildman–Crippen MR) is 218 cm³/mol. The molecule has 3 aromatic carbocycles. The number of halogens is 6. The molecule has 0 fully saturated rings. The minimum Gasteiger partial charge on any atom is -0.504 e. The standard InChI is InChI=1S/C26H30F3N3O5.C17H20F3N3O3/c1-25(2,3)22-13-19(31(4)30-22)24(34)32(14-16-10-11-18(35-5)12-21(16)36-6)15-17-8-7-9-20(23(17)33)37-26(27,28)29;1-16(2,3)13-8-11(23(4)22-13)15(25)21-9-10-6-5-7-12(14(10)24)26-17(18,19)20/h7-13,33H,14-15H2,1-6H3;5-8,24H,9H2,1-4H3,(H,21,25). The molecule has 0 saturated carbocycles. The van der Waals surface area contributed by atoms with E-state index in [-0.39, 0.29) is 47.3 Å². The van der Waals surface area contributed by atoms with Crippen LogP contribution in [0.25, 0.3) is 0 Å². The number of aryl methyl sites for hydroxylation is 2. The fraction of sp³-hybridized carbons (Fsp3) is 0.395. The van der Waals surface area contributed by atoms with E-state index in [1.54, 1.807) is 44.4 Å². The van der Waals surface area contributed by atoms with Crippen LogP contribution in [-0.2, 0) is 44.6 Å². The lowest BCUT2D eigenvalue weighted by Gasteiger charge is -2.25. The van der Waals surface area contributed by atoms with Crippen LogP contribution in [0.3, 0.4) is 0 Å².